The Labute approximate surface area is 116 Å². The molecule has 3 nitrogen and oxygen atoms in total. The van der Waals surface area contributed by atoms with Crippen molar-refractivity contribution < 1.29 is 4.79 Å². The lowest BCUT2D eigenvalue weighted by Crippen LogP contribution is -2.43. The van der Waals surface area contributed by atoms with Crippen molar-refractivity contribution in [1.29, 1.82) is 0 Å². The van der Waals surface area contributed by atoms with Crippen molar-refractivity contribution in [3.63, 3.8) is 0 Å². The van der Waals surface area contributed by atoms with Gasteiger partial charge in [-0.1, -0.05) is 23.8 Å². The van der Waals surface area contributed by atoms with Gasteiger partial charge in [-0.05, 0) is 45.2 Å². The van der Waals surface area contributed by atoms with Gasteiger partial charge in [-0.2, -0.15) is 0 Å². The number of hydrogen-bond donors (Lipinski definition) is 1. The number of rotatable bonds is 5. The zero-order chi connectivity index (χ0) is 14.6. The number of aryl methyl sites for hydroxylation is 2. The summed E-state index contributed by atoms with van der Waals surface area (Å²) < 4.78 is 0. The summed E-state index contributed by atoms with van der Waals surface area (Å²) in [5.74, 6) is 0.111. The first-order valence-electron chi connectivity index (χ1n) is 6.79. The molecule has 0 saturated heterocycles. The van der Waals surface area contributed by atoms with Crippen LogP contribution in [0.2, 0.25) is 0 Å². The molecule has 19 heavy (non-hydrogen) atoms. The standard InChI is InChI=1S/C16H26N2O/c1-12-6-7-14(13(2)10-12)8-9-18(5)15(19)16(3,4)11-17/h6-7,10H,8-9,11,17H2,1-5H3. The average molecular weight is 262 g/mol. The summed E-state index contributed by atoms with van der Waals surface area (Å²) >= 11 is 0. The van der Waals surface area contributed by atoms with E-state index in [-0.39, 0.29) is 5.91 Å². The van der Waals surface area contributed by atoms with Crippen molar-refractivity contribution in [2.45, 2.75) is 34.1 Å². The van der Waals surface area contributed by atoms with Crippen molar-refractivity contribution in [2.24, 2.45) is 11.1 Å². The fourth-order valence-corrected chi connectivity index (χ4v) is 2.12. The summed E-state index contributed by atoms with van der Waals surface area (Å²) in [6.07, 6.45) is 0.884. The molecule has 0 fully saturated rings. The Bertz CT molecular complexity index is 452. The molecule has 0 saturated carbocycles. The molecule has 0 atom stereocenters. The van der Waals surface area contributed by atoms with Crippen LogP contribution in [0.15, 0.2) is 18.2 Å². The van der Waals surface area contributed by atoms with Gasteiger partial charge in [0.2, 0.25) is 5.91 Å². The lowest BCUT2D eigenvalue weighted by Gasteiger charge is -2.28. The van der Waals surface area contributed by atoms with Gasteiger partial charge >= 0.3 is 0 Å². The molecule has 106 valence electrons. The minimum atomic E-state index is -0.475. The number of carbonyl (C=O) groups is 1. The van der Waals surface area contributed by atoms with E-state index >= 15 is 0 Å². The normalized spacial score (nSPS) is 11.5. The van der Waals surface area contributed by atoms with Gasteiger partial charge < -0.3 is 10.6 Å². The number of benzene rings is 1. The van der Waals surface area contributed by atoms with Crippen LogP contribution in [-0.2, 0) is 11.2 Å². The third-order valence-corrected chi connectivity index (χ3v) is 3.65. The SMILES string of the molecule is Cc1ccc(CCN(C)C(=O)C(C)(C)CN)c(C)c1. The van der Waals surface area contributed by atoms with E-state index in [9.17, 15) is 4.79 Å². The summed E-state index contributed by atoms with van der Waals surface area (Å²) in [6, 6.07) is 6.45. The van der Waals surface area contributed by atoms with Gasteiger partial charge in [-0.3, -0.25) is 4.79 Å². The van der Waals surface area contributed by atoms with E-state index in [2.05, 4.69) is 32.0 Å². The van der Waals surface area contributed by atoms with Gasteiger partial charge in [0.15, 0.2) is 0 Å². The zero-order valence-electron chi connectivity index (χ0n) is 12.8. The fraction of sp³-hybridized carbons (Fsp3) is 0.562. The van der Waals surface area contributed by atoms with E-state index in [1.54, 1.807) is 4.90 Å². The molecular formula is C16H26N2O. The summed E-state index contributed by atoms with van der Waals surface area (Å²) in [7, 11) is 1.85. The smallest absolute Gasteiger partial charge is 0.229 e. The summed E-state index contributed by atoms with van der Waals surface area (Å²) in [4.78, 5) is 14.0. The maximum absolute atomic E-state index is 12.2. The van der Waals surface area contributed by atoms with Crippen LogP contribution in [0.25, 0.3) is 0 Å². The first-order chi connectivity index (χ1) is 8.77. The van der Waals surface area contributed by atoms with E-state index in [1.165, 1.54) is 16.7 Å². The van der Waals surface area contributed by atoms with Gasteiger partial charge in [-0.15, -0.1) is 0 Å². The molecule has 1 amide bonds. The third kappa shape index (κ3) is 4.06. The Morgan fingerprint density at radius 1 is 1.32 bits per heavy atom. The second-order valence-corrected chi connectivity index (χ2v) is 5.99. The van der Waals surface area contributed by atoms with Crippen LogP contribution in [0.4, 0.5) is 0 Å². The lowest BCUT2D eigenvalue weighted by molar-refractivity contribution is -0.138. The van der Waals surface area contributed by atoms with Crippen LogP contribution in [0.5, 0.6) is 0 Å². The van der Waals surface area contributed by atoms with Gasteiger partial charge in [0.05, 0.1) is 5.41 Å². The Kier molecular flexibility index (Phi) is 5.12. The Balaban J connectivity index is 2.64. The molecule has 3 heteroatoms. The van der Waals surface area contributed by atoms with E-state index in [4.69, 9.17) is 5.73 Å². The number of nitrogens with two attached hydrogens (primary N) is 1. The summed E-state index contributed by atoms with van der Waals surface area (Å²) in [5.41, 5.74) is 9.04. The molecule has 0 spiro atoms. The monoisotopic (exact) mass is 262 g/mol. The number of nitrogens with zero attached hydrogens (tertiary/aromatic N) is 1. The van der Waals surface area contributed by atoms with Crippen molar-refractivity contribution in [2.75, 3.05) is 20.1 Å². The Morgan fingerprint density at radius 3 is 2.47 bits per heavy atom. The zero-order valence-corrected chi connectivity index (χ0v) is 12.8. The molecule has 0 aliphatic heterocycles. The van der Waals surface area contributed by atoms with Crippen LogP contribution >= 0.6 is 0 Å². The highest BCUT2D eigenvalue weighted by Gasteiger charge is 2.28. The van der Waals surface area contributed by atoms with Gasteiger partial charge in [-0.25, -0.2) is 0 Å². The molecule has 1 aromatic carbocycles. The predicted molar refractivity (Wildman–Crippen MR) is 80.1 cm³/mol. The van der Waals surface area contributed by atoms with Crippen molar-refractivity contribution >= 4 is 5.91 Å². The molecule has 0 heterocycles. The first kappa shape index (κ1) is 15.7. The predicted octanol–water partition coefficient (Wildman–Crippen LogP) is 2.29. The number of carbonyl (C=O) groups excluding carboxylic acids is 1. The van der Waals surface area contributed by atoms with Crippen molar-refractivity contribution in [1.82, 2.24) is 4.90 Å². The Morgan fingerprint density at radius 2 is 1.95 bits per heavy atom. The molecule has 0 aliphatic rings. The van der Waals surface area contributed by atoms with Crippen LogP contribution in [-0.4, -0.2) is 30.9 Å². The second-order valence-electron chi connectivity index (χ2n) is 5.99. The molecule has 0 radical (unpaired) electrons. The van der Waals surface area contributed by atoms with E-state index < -0.39 is 5.41 Å². The quantitative estimate of drug-likeness (QED) is 0.885. The second kappa shape index (κ2) is 6.20. The highest BCUT2D eigenvalue weighted by Crippen LogP contribution is 2.17. The maximum atomic E-state index is 12.2. The maximum Gasteiger partial charge on any atom is 0.229 e. The van der Waals surface area contributed by atoms with Gasteiger partial charge in [0, 0.05) is 20.1 Å². The largest absolute Gasteiger partial charge is 0.345 e. The Hall–Kier alpha value is -1.35. The first-order valence-corrected chi connectivity index (χ1v) is 6.79. The highest BCUT2D eigenvalue weighted by atomic mass is 16.2. The minimum absolute atomic E-state index is 0.111. The molecule has 2 N–H and O–H groups in total. The van der Waals surface area contributed by atoms with Crippen molar-refractivity contribution in [3.8, 4) is 0 Å². The molecule has 1 aromatic rings. The summed E-state index contributed by atoms with van der Waals surface area (Å²) in [6.45, 7) is 9.10. The van der Waals surface area contributed by atoms with E-state index in [1.807, 2.05) is 20.9 Å². The molecule has 0 aromatic heterocycles. The van der Waals surface area contributed by atoms with Crippen LogP contribution in [0.3, 0.4) is 0 Å². The molecule has 0 bridgehead atoms. The van der Waals surface area contributed by atoms with Crippen molar-refractivity contribution in [3.05, 3.63) is 34.9 Å². The number of likely N-dealkylation sites (N-methyl/N-ethyl adjacent to an activating group) is 1. The molecule has 0 aliphatic carbocycles. The van der Waals surface area contributed by atoms with E-state index in [0.717, 1.165) is 13.0 Å². The molecular weight excluding hydrogens is 236 g/mol. The third-order valence-electron chi connectivity index (χ3n) is 3.65. The minimum Gasteiger partial charge on any atom is -0.345 e. The van der Waals surface area contributed by atoms with Gasteiger partial charge in [0.25, 0.3) is 0 Å². The van der Waals surface area contributed by atoms with Crippen LogP contribution < -0.4 is 5.73 Å². The lowest BCUT2D eigenvalue weighted by atomic mass is 9.92. The summed E-state index contributed by atoms with van der Waals surface area (Å²) in [5, 5.41) is 0. The molecule has 1 rings (SSSR count). The highest BCUT2D eigenvalue weighted by molar-refractivity contribution is 5.81. The topological polar surface area (TPSA) is 46.3 Å². The van der Waals surface area contributed by atoms with Crippen LogP contribution in [0, 0.1) is 19.3 Å². The van der Waals surface area contributed by atoms with E-state index in [0.29, 0.717) is 6.54 Å². The van der Waals surface area contributed by atoms with Crippen LogP contribution in [0.1, 0.15) is 30.5 Å². The number of hydrogen-bond acceptors (Lipinski definition) is 2. The average Bonchev–Trinajstić information content (AvgIpc) is 2.36. The van der Waals surface area contributed by atoms with Gasteiger partial charge in [0.1, 0.15) is 0 Å². The molecule has 0 unspecified atom stereocenters. The number of amides is 1. The fourth-order valence-electron chi connectivity index (χ4n) is 2.12.